The van der Waals surface area contributed by atoms with Crippen molar-refractivity contribution in [3.8, 4) is 0 Å². The monoisotopic (exact) mass is 272 g/mol. The van der Waals surface area contributed by atoms with E-state index in [1.54, 1.807) is 0 Å². The molecule has 1 aromatic rings. The second-order valence-electron chi connectivity index (χ2n) is 2.89. The standard InChI is InChI=1S/C8H8Cl4Si/c1-6-2-3-7(8(9)4-6)5-13(10,11)12/h2-4H,5H2,1H3. The molecule has 0 aliphatic heterocycles. The molecule has 5 heteroatoms. The molecule has 72 valence electrons. The highest BCUT2D eigenvalue weighted by Crippen LogP contribution is 2.28. The van der Waals surface area contributed by atoms with Crippen LogP contribution in [0.15, 0.2) is 18.2 Å². The van der Waals surface area contributed by atoms with E-state index in [2.05, 4.69) is 0 Å². The van der Waals surface area contributed by atoms with Gasteiger partial charge in [-0.05, 0) is 24.1 Å². The first kappa shape index (κ1) is 11.7. The molecule has 0 N–H and O–H groups in total. The minimum atomic E-state index is -2.61. The molecule has 0 radical (unpaired) electrons. The second kappa shape index (κ2) is 4.41. The van der Waals surface area contributed by atoms with Crippen LogP contribution in [0.3, 0.4) is 0 Å². The van der Waals surface area contributed by atoms with Gasteiger partial charge in [0, 0.05) is 11.1 Å². The summed E-state index contributed by atoms with van der Waals surface area (Å²) >= 11 is 23.4. The summed E-state index contributed by atoms with van der Waals surface area (Å²) in [6.07, 6.45) is 0. The summed E-state index contributed by atoms with van der Waals surface area (Å²) in [6.45, 7) is 1.97. The van der Waals surface area contributed by atoms with Gasteiger partial charge < -0.3 is 0 Å². The van der Waals surface area contributed by atoms with Gasteiger partial charge in [0.05, 0.1) is 0 Å². The molecule has 13 heavy (non-hydrogen) atoms. The Bertz CT molecular complexity index is 306. The SMILES string of the molecule is Cc1ccc(C[Si](Cl)(Cl)Cl)c(Cl)c1. The predicted molar refractivity (Wildman–Crippen MR) is 63.2 cm³/mol. The van der Waals surface area contributed by atoms with Crippen LogP contribution in [0, 0.1) is 6.92 Å². The fourth-order valence-corrected chi connectivity index (χ4v) is 3.46. The highest BCUT2D eigenvalue weighted by molar-refractivity contribution is 7.64. The molecule has 0 aliphatic rings. The summed E-state index contributed by atoms with van der Waals surface area (Å²) in [5.41, 5.74) is 2.03. The summed E-state index contributed by atoms with van der Waals surface area (Å²) < 4.78 is 0. The molecular formula is C8H8Cl4Si. The molecule has 0 aromatic heterocycles. The van der Waals surface area contributed by atoms with Gasteiger partial charge in [-0.15, -0.1) is 33.2 Å². The first-order valence-corrected chi connectivity index (χ1v) is 9.32. The molecule has 0 bridgehead atoms. The van der Waals surface area contributed by atoms with Crippen molar-refractivity contribution < 1.29 is 0 Å². The molecule has 0 unspecified atom stereocenters. The molecule has 0 saturated carbocycles. The van der Waals surface area contributed by atoms with Crippen molar-refractivity contribution in [1.29, 1.82) is 0 Å². The average Bonchev–Trinajstić information content (AvgIpc) is 1.93. The minimum Gasteiger partial charge on any atom is -0.126 e. The van der Waals surface area contributed by atoms with Crippen LogP contribution in [-0.2, 0) is 6.04 Å². The third-order valence-corrected chi connectivity index (χ3v) is 3.94. The van der Waals surface area contributed by atoms with E-state index in [4.69, 9.17) is 44.8 Å². The summed E-state index contributed by atoms with van der Waals surface area (Å²) in [5.74, 6) is 0. The van der Waals surface area contributed by atoms with E-state index in [0.29, 0.717) is 11.1 Å². The third kappa shape index (κ3) is 4.09. The quantitative estimate of drug-likeness (QED) is 0.554. The van der Waals surface area contributed by atoms with Crippen LogP contribution < -0.4 is 0 Å². The number of benzene rings is 1. The van der Waals surface area contributed by atoms with Gasteiger partial charge in [0.2, 0.25) is 0 Å². The molecule has 0 atom stereocenters. The van der Waals surface area contributed by atoms with Gasteiger partial charge in [0.25, 0.3) is 0 Å². The lowest BCUT2D eigenvalue weighted by molar-refractivity contribution is 1.35. The Kier molecular flexibility index (Phi) is 3.96. The van der Waals surface area contributed by atoms with Gasteiger partial charge in [-0.3, -0.25) is 0 Å². The van der Waals surface area contributed by atoms with E-state index in [-0.39, 0.29) is 0 Å². The second-order valence-corrected chi connectivity index (χ2v) is 12.4. The van der Waals surface area contributed by atoms with E-state index in [9.17, 15) is 0 Å². The molecule has 1 rings (SSSR count). The number of hydrogen-bond donors (Lipinski definition) is 0. The van der Waals surface area contributed by atoms with Gasteiger partial charge in [0.1, 0.15) is 0 Å². The normalized spacial score (nSPS) is 11.8. The van der Waals surface area contributed by atoms with E-state index in [1.807, 2.05) is 25.1 Å². The van der Waals surface area contributed by atoms with E-state index < -0.39 is 6.00 Å². The van der Waals surface area contributed by atoms with Gasteiger partial charge >= 0.3 is 6.00 Å². The number of halogens is 4. The predicted octanol–water partition coefficient (Wildman–Crippen LogP) is 4.39. The number of rotatable bonds is 2. The molecule has 0 saturated heterocycles. The molecule has 0 aliphatic carbocycles. The Morgan fingerprint density at radius 1 is 1.23 bits per heavy atom. The Balaban J connectivity index is 2.90. The van der Waals surface area contributed by atoms with E-state index >= 15 is 0 Å². The van der Waals surface area contributed by atoms with Crippen LogP contribution in [0.1, 0.15) is 11.1 Å². The number of aryl methyl sites for hydroxylation is 1. The Labute approximate surface area is 97.9 Å². The van der Waals surface area contributed by atoms with E-state index in [1.165, 1.54) is 0 Å². The Hall–Kier alpha value is 0.597. The van der Waals surface area contributed by atoms with Gasteiger partial charge in [0.15, 0.2) is 0 Å². The molecule has 1 aromatic carbocycles. The molecule has 0 amide bonds. The van der Waals surface area contributed by atoms with Crippen molar-refractivity contribution in [2.24, 2.45) is 0 Å². The maximum atomic E-state index is 5.98. The fraction of sp³-hybridized carbons (Fsp3) is 0.250. The topological polar surface area (TPSA) is 0 Å². The lowest BCUT2D eigenvalue weighted by atomic mass is 10.2. The highest BCUT2D eigenvalue weighted by Gasteiger charge is 2.26. The van der Waals surface area contributed by atoms with Crippen molar-refractivity contribution >= 4 is 50.8 Å². The molecule has 0 fully saturated rings. The Morgan fingerprint density at radius 3 is 2.31 bits per heavy atom. The van der Waals surface area contributed by atoms with Crippen molar-refractivity contribution in [3.05, 3.63) is 34.3 Å². The largest absolute Gasteiger partial charge is 0.345 e. The highest BCUT2D eigenvalue weighted by atomic mass is 35.8. The van der Waals surface area contributed by atoms with Gasteiger partial charge in [-0.2, -0.15) is 0 Å². The molecule has 0 spiro atoms. The molecular weight excluding hydrogens is 266 g/mol. The van der Waals surface area contributed by atoms with Crippen LogP contribution in [0.25, 0.3) is 0 Å². The smallest absolute Gasteiger partial charge is 0.126 e. The zero-order valence-electron chi connectivity index (χ0n) is 6.95. The lowest BCUT2D eigenvalue weighted by Gasteiger charge is -2.09. The van der Waals surface area contributed by atoms with Crippen molar-refractivity contribution in [2.45, 2.75) is 13.0 Å². The zero-order chi connectivity index (χ0) is 10.1. The summed E-state index contributed by atoms with van der Waals surface area (Å²) in [5, 5.41) is 0.679. The van der Waals surface area contributed by atoms with Crippen LogP contribution in [0.5, 0.6) is 0 Å². The maximum Gasteiger partial charge on any atom is 0.345 e. The van der Waals surface area contributed by atoms with Crippen LogP contribution >= 0.6 is 44.8 Å². The van der Waals surface area contributed by atoms with Crippen LogP contribution in [-0.4, -0.2) is 6.00 Å². The van der Waals surface area contributed by atoms with Crippen molar-refractivity contribution in [2.75, 3.05) is 0 Å². The average molecular weight is 274 g/mol. The molecule has 0 heterocycles. The first-order chi connectivity index (χ1) is 5.88. The summed E-state index contributed by atoms with van der Waals surface area (Å²) in [6, 6.07) is 3.60. The third-order valence-electron chi connectivity index (χ3n) is 1.60. The minimum absolute atomic E-state index is 0.469. The first-order valence-electron chi connectivity index (χ1n) is 3.70. The maximum absolute atomic E-state index is 5.98. The van der Waals surface area contributed by atoms with Gasteiger partial charge in [-0.1, -0.05) is 23.7 Å². The molecule has 0 nitrogen and oxygen atoms in total. The van der Waals surface area contributed by atoms with Crippen LogP contribution in [0.4, 0.5) is 0 Å². The van der Waals surface area contributed by atoms with Crippen LogP contribution in [0.2, 0.25) is 5.02 Å². The van der Waals surface area contributed by atoms with E-state index in [0.717, 1.165) is 11.1 Å². The fourth-order valence-electron chi connectivity index (χ4n) is 1.01. The van der Waals surface area contributed by atoms with Gasteiger partial charge in [-0.25, -0.2) is 0 Å². The zero-order valence-corrected chi connectivity index (χ0v) is 11.0. The number of hydrogen-bond acceptors (Lipinski definition) is 0. The lowest BCUT2D eigenvalue weighted by Crippen LogP contribution is -2.14. The summed E-state index contributed by atoms with van der Waals surface area (Å²) in [7, 11) is 0. The summed E-state index contributed by atoms with van der Waals surface area (Å²) in [4.78, 5) is 0. The van der Waals surface area contributed by atoms with Crippen molar-refractivity contribution in [1.82, 2.24) is 0 Å². The van der Waals surface area contributed by atoms with Crippen molar-refractivity contribution in [3.63, 3.8) is 0 Å². The Morgan fingerprint density at radius 2 is 1.85 bits per heavy atom.